The van der Waals surface area contributed by atoms with E-state index in [0.29, 0.717) is 12.4 Å². The molecule has 1 aliphatic heterocycles. The molecule has 1 N–H and O–H groups in total. The van der Waals surface area contributed by atoms with Crippen LogP contribution in [0.4, 0.5) is 5.82 Å². The van der Waals surface area contributed by atoms with E-state index in [9.17, 15) is 0 Å². The summed E-state index contributed by atoms with van der Waals surface area (Å²) in [6, 6.07) is 7.71. The van der Waals surface area contributed by atoms with Gasteiger partial charge in [0, 0.05) is 30.5 Å². The molecule has 3 heterocycles. The van der Waals surface area contributed by atoms with E-state index in [1.807, 2.05) is 52.0 Å². The van der Waals surface area contributed by atoms with Gasteiger partial charge in [-0.25, -0.2) is 9.97 Å². The van der Waals surface area contributed by atoms with E-state index in [2.05, 4.69) is 15.3 Å². The molecule has 0 saturated carbocycles. The number of methoxy groups -OCH3 is 1. The minimum atomic E-state index is -0.391. The molecule has 132 valence electrons. The van der Waals surface area contributed by atoms with Crippen molar-refractivity contribution in [1.29, 1.82) is 0 Å². The van der Waals surface area contributed by atoms with Crippen LogP contribution >= 0.6 is 0 Å². The first-order chi connectivity index (χ1) is 11.8. The standard InChI is InChI=1S/C18H24BN3O3/c1-17(2)18(3,4)25-19(24-17)14-7-8-15(21-12-14)20-10-13-6-9-16(23-5)22-11-13/h6-9,11-12H,10H2,1-5H3,(H,20,21). The Morgan fingerprint density at radius 2 is 1.72 bits per heavy atom. The van der Waals surface area contributed by atoms with E-state index >= 15 is 0 Å². The zero-order valence-corrected chi connectivity index (χ0v) is 15.4. The fourth-order valence-corrected chi connectivity index (χ4v) is 2.46. The van der Waals surface area contributed by atoms with Crippen molar-refractivity contribution in [3.63, 3.8) is 0 Å². The van der Waals surface area contributed by atoms with Crippen molar-refractivity contribution in [3.8, 4) is 5.88 Å². The lowest BCUT2D eigenvalue weighted by atomic mass is 9.80. The van der Waals surface area contributed by atoms with Gasteiger partial charge in [-0.1, -0.05) is 12.1 Å². The van der Waals surface area contributed by atoms with Crippen molar-refractivity contribution in [2.75, 3.05) is 12.4 Å². The zero-order valence-electron chi connectivity index (χ0n) is 15.4. The van der Waals surface area contributed by atoms with E-state index in [0.717, 1.165) is 16.8 Å². The summed E-state index contributed by atoms with van der Waals surface area (Å²) in [7, 11) is 1.21. The van der Waals surface area contributed by atoms with Crippen LogP contribution in [0.2, 0.25) is 0 Å². The lowest BCUT2D eigenvalue weighted by Gasteiger charge is -2.32. The Balaban J connectivity index is 1.61. The van der Waals surface area contributed by atoms with Crippen molar-refractivity contribution in [1.82, 2.24) is 9.97 Å². The van der Waals surface area contributed by atoms with Gasteiger partial charge in [0.05, 0.1) is 18.3 Å². The highest BCUT2D eigenvalue weighted by atomic mass is 16.7. The predicted octanol–water partition coefficient (Wildman–Crippen LogP) is 2.40. The molecule has 2 aromatic heterocycles. The molecule has 1 fully saturated rings. The summed E-state index contributed by atoms with van der Waals surface area (Å²) in [5, 5.41) is 3.28. The highest BCUT2D eigenvalue weighted by Gasteiger charge is 2.51. The van der Waals surface area contributed by atoms with Crippen LogP contribution < -0.4 is 15.5 Å². The molecular weight excluding hydrogens is 317 g/mol. The summed E-state index contributed by atoms with van der Waals surface area (Å²) in [6.07, 6.45) is 3.57. The highest BCUT2D eigenvalue weighted by molar-refractivity contribution is 6.62. The summed E-state index contributed by atoms with van der Waals surface area (Å²) in [5.41, 5.74) is 1.26. The molecule has 0 radical (unpaired) electrons. The second-order valence-corrected chi connectivity index (χ2v) is 7.13. The van der Waals surface area contributed by atoms with Gasteiger partial charge in [-0.3, -0.25) is 0 Å². The maximum absolute atomic E-state index is 6.04. The molecule has 0 amide bonds. The molecule has 0 unspecified atom stereocenters. The minimum Gasteiger partial charge on any atom is -0.481 e. The van der Waals surface area contributed by atoms with Gasteiger partial charge in [0.15, 0.2) is 0 Å². The predicted molar refractivity (Wildman–Crippen MR) is 98.1 cm³/mol. The molecule has 1 aliphatic rings. The van der Waals surface area contributed by atoms with Crippen molar-refractivity contribution in [3.05, 3.63) is 42.2 Å². The molecule has 6 nitrogen and oxygen atoms in total. The number of hydrogen-bond acceptors (Lipinski definition) is 6. The maximum Gasteiger partial charge on any atom is 0.496 e. The number of nitrogens with one attached hydrogen (secondary N) is 1. The fourth-order valence-electron chi connectivity index (χ4n) is 2.46. The summed E-state index contributed by atoms with van der Waals surface area (Å²) in [4.78, 5) is 8.64. The van der Waals surface area contributed by atoms with Gasteiger partial charge in [-0.15, -0.1) is 0 Å². The van der Waals surface area contributed by atoms with Crippen LogP contribution in [0.1, 0.15) is 33.3 Å². The van der Waals surface area contributed by atoms with Gasteiger partial charge in [0.2, 0.25) is 5.88 Å². The molecule has 2 aromatic rings. The van der Waals surface area contributed by atoms with E-state index in [4.69, 9.17) is 14.0 Å². The SMILES string of the molecule is COc1ccc(CNc2ccc(B3OC(C)(C)C(C)(C)O3)cn2)cn1. The van der Waals surface area contributed by atoms with Crippen molar-refractivity contribution >= 4 is 18.4 Å². The van der Waals surface area contributed by atoms with E-state index in [1.165, 1.54) is 0 Å². The van der Waals surface area contributed by atoms with Gasteiger partial charge in [-0.2, -0.15) is 0 Å². The molecular formula is C18H24BN3O3. The number of nitrogens with zero attached hydrogens (tertiary/aromatic N) is 2. The van der Waals surface area contributed by atoms with Crippen LogP contribution in [-0.4, -0.2) is 35.4 Å². The van der Waals surface area contributed by atoms with Gasteiger partial charge in [-0.05, 0) is 39.3 Å². The number of aromatic nitrogens is 2. The fraction of sp³-hybridized carbons (Fsp3) is 0.444. The largest absolute Gasteiger partial charge is 0.496 e. The Hall–Kier alpha value is -2.12. The molecule has 0 aliphatic carbocycles. The number of hydrogen-bond donors (Lipinski definition) is 1. The van der Waals surface area contributed by atoms with Crippen molar-refractivity contribution in [2.24, 2.45) is 0 Å². The quantitative estimate of drug-likeness (QED) is 0.843. The number of anilines is 1. The number of ether oxygens (including phenoxy) is 1. The third-order valence-corrected chi connectivity index (χ3v) is 4.79. The summed E-state index contributed by atoms with van der Waals surface area (Å²) >= 11 is 0. The first-order valence-corrected chi connectivity index (χ1v) is 8.35. The topological polar surface area (TPSA) is 65.5 Å². The van der Waals surface area contributed by atoms with Gasteiger partial charge < -0.3 is 19.4 Å². The molecule has 7 heteroatoms. The van der Waals surface area contributed by atoms with E-state index < -0.39 is 7.12 Å². The van der Waals surface area contributed by atoms with Crippen molar-refractivity contribution < 1.29 is 14.0 Å². The zero-order chi connectivity index (χ0) is 18.1. The molecule has 0 spiro atoms. The summed E-state index contributed by atoms with van der Waals surface area (Å²) in [6.45, 7) is 8.80. The van der Waals surface area contributed by atoms with Crippen LogP contribution in [0.25, 0.3) is 0 Å². The average Bonchev–Trinajstić information content (AvgIpc) is 2.82. The van der Waals surface area contributed by atoms with Gasteiger partial charge >= 0.3 is 7.12 Å². The van der Waals surface area contributed by atoms with E-state index in [-0.39, 0.29) is 11.2 Å². The Labute approximate surface area is 149 Å². The van der Waals surface area contributed by atoms with Crippen LogP contribution in [0.5, 0.6) is 5.88 Å². The maximum atomic E-state index is 6.04. The molecule has 1 saturated heterocycles. The summed E-state index contributed by atoms with van der Waals surface area (Å²) < 4.78 is 17.1. The number of pyridine rings is 2. The number of rotatable bonds is 5. The monoisotopic (exact) mass is 341 g/mol. The van der Waals surface area contributed by atoms with E-state index in [1.54, 1.807) is 19.5 Å². The Bertz CT molecular complexity index is 701. The highest BCUT2D eigenvalue weighted by Crippen LogP contribution is 2.36. The van der Waals surface area contributed by atoms with Crippen LogP contribution in [-0.2, 0) is 15.9 Å². The average molecular weight is 341 g/mol. The van der Waals surface area contributed by atoms with Gasteiger partial charge in [0.25, 0.3) is 0 Å². The first kappa shape index (κ1) is 17.7. The van der Waals surface area contributed by atoms with Gasteiger partial charge in [0.1, 0.15) is 5.82 Å². The second kappa shape index (κ2) is 6.65. The molecule has 0 aromatic carbocycles. The molecule has 0 bridgehead atoms. The Morgan fingerprint density at radius 1 is 1.00 bits per heavy atom. The van der Waals surface area contributed by atoms with Crippen LogP contribution in [0.3, 0.4) is 0 Å². The normalized spacial score (nSPS) is 18.2. The van der Waals surface area contributed by atoms with Crippen LogP contribution in [0.15, 0.2) is 36.7 Å². The summed E-state index contributed by atoms with van der Waals surface area (Å²) in [5.74, 6) is 1.39. The Kier molecular flexibility index (Phi) is 4.71. The molecule has 3 rings (SSSR count). The lowest BCUT2D eigenvalue weighted by Crippen LogP contribution is -2.41. The second-order valence-electron chi connectivity index (χ2n) is 7.13. The minimum absolute atomic E-state index is 0.351. The third kappa shape index (κ3) is 3.77. The molecule has 0 atom stereocenters. The molecule has 25 heavy (non-hydrogen) atoms. The smallest absolute Gasteiger partial charge is 0.481 e. The lowest BCUT2D eigenvalue weighted by molar-refractivity contribution is 0.00578. The Morgan fingerprint density at radius 3 is 2.24 bits per heavy atom. The first-order valence-electron chi connectivity index (χ1n) is 8.35. The van der Waals surface area contributed by atoms with Crippen molar-refractivity contribution in [2.45, 2.75) is 45.4 Å². The third-order valence-electron chi connectivity index (χ3n) is 4.79. The van der Waals surface area contributed by atoms with Crippen LogP contribution in [0, 0.1) is 0 Å².